The minimum atomic E-state index is -0.233. The molecular weight excluding hydrogens is 366 g/mol. The highest BCUT2D eigenvalue weighted by Crippen LogP contribution is 2.20. The first-order valence-corrected chi connectivity index (χ1v) is 9.48. The first kappa shape index (κ1) is 18.9. The number of nitrogens with zero attached hydrogens (tertiary/aromatic N) is 6. The fourth-order valence-electron chi connectivity index (χ4n) is 2.33. The topological polar surface area (TPSA) is 108 Å². The van der Waals surface area contributed by atoms with Crippen molar-refractivity contribution in [3.63, 3.8) is 0 Å². The summed E-state index contributed by atoms with van der Waals surface area (Å²) in [5.41, 5.74) is 0.515. The van der Waals surface area contributed by atoms with Crippen LogP contribution in [0.1, 0.15) is 42.0 Å². The highest BCUT2D eigenvalue weighted by atomic mass is 32.1. The lowest BCUT2D eigenvalue weighted by molar-refractivity contribution is 0.102. The Balaban J connectivity index is 1.56. The van der Waals surface area contributed by atoms with Crippen LogP contribution in [0.4, 0.5) is 5.13 Å². The zero-order valence-corrected chi connectivity index (χ0v) is 16.2. The number of aromatic nitrogens is 6. The van der Waals surface area contributed by atoms with Gasteiger partial charge in [-0.15, -0.1) is 15.3 Å². The summed E-state index contributed by atoms with van der Waals surface area (Å²) in [5, 5.41) is 23.7. The molecule has 0 unspecified atom stereocenters. The van der Waals surface area contributed by atoms with Gasteiger partial charge in [0.1, 0.15) is 17.4 Å². The van der Waals surface area contributed by atoms with Crippen molar-refractivity contribution in [2.75, 3.05) is 5.32 Å². The molecule has 10 heteroatoms. The summed E-state index contributed by atoms with van der Waals surface area (Å²) in [6.45, 7) is 7.12. The predicted octanol–water partition coefficient (Wildman–Crippen LogP) is 2.57. The van der Waals surface area contributed by atoms with Gasteiger partial charge in [-0.2, -0.15) is 0 Å². The summed E-state index contributed by atoms with van der Waals surface area (Å²) in [6, 6.07) is 6.87. The summed E-state index contributed by atoms with van der Waals surface area (Å²) < 4.78 is 7.33. The number of nitrogens with one attached hydrogen (secondary N) is 1. The lowest BCUT2D eigenvalue weighted by Gasteiger charge is -2.07. The maximum Gasteiger partial charge on any atom is 0.257 e. The van der Waals surface area contributed by atoms with Gasteiger partial charge in [0.05, 0.1) is 0 Å². The fraction of sp³-hybridized carbons (Fsp3) is 0.412. The van der Waals surface area contributed by atoms with E-state index in [4.69, 9.17) is 4.74 Å². The molecule has 0 bridgehead atoms. The van der Waals surface area contributed by atoms with Crippen LogP contribution in [0.25, 0.3) is 0 Å². The van der Waals surface area contributed by atoms with Crippen LogP contribution in [-0.2, 0) is 19.6 Å². The smallest absolute Gasteiger partial charge is 0.257 e. The van der Waals surface area contributed by atoms with Gasteiger partial charge >= 0.3 is 0 Å². The number of carbonyl (C=O) groups is 1. The van der Waals surface area contributed by atoms with E-state index in [1.54, 1.807) is 28.9 Å². The number of tetrazole rings is 1. The predicted molar refractivity (Wildman–Crippen MR) is 101 cm³/mol. The van der Waals surface area contributed by atoms with Crippen molar-refractivity contribution in [2.45, 2.75) is 40.3 Å². The van der Waals surface area contributed by atoms with E-state index in [1.165, 1.54) is 11.3 Å². The largest absolute Gasteiger partial charge is 0.486 e. The van der Waals surface area contributed by atoms with Crippen LogP contribution in [0.2, 0.25) is 0 Å². The summed E-state index contributed by atoms with van der Waals surface area (Å²) in [4.78, 5) is 12.3. The quantitative estimate of drug-likeness (QED) is 0.633. The Bertz CT molecular complexity index is 889. The third-order valence-corrected chi connectivity index (χ3v) is 4.52. The molecule has 3 rings (SSSR count). The Kier molecular flexibility index (Phi) is 6.07. The minimum Gasteiger partial charge on any atom is -0.486 e. The lowest BCUT2D eigenvalue weighted by atomic mass is 10.1. The zero-order chi connectivity index (χ0) is 19.2. The first-order valence-electron chi connectivity index (χ1n) is 8.66. The van der Waals surface area contributed by atoms with Crippen LogP contribution >= 0.6 is 11.3 Å². The number of hydrogen-bond acceptors (Lipinski definition) is 8. The average molecular weight is 387 g/mol. The molecule has 0 atom stereocenters. The second-order valence-corrected chi connectivity index (χ2v) is 7.34. The molecule has 0 saturated heterocycles. The van der Waals surface area contributed by atoms with Crippen molar-refractivity contribution in [3.8, 4) is 5.75 Å². The molecular formula is C17H21N7O2S. The zero-order valence-electron chi connectivity index (χ0n) is 15.4. The number of amides is 1. The number of hydrogen-bond donors (Lipinski definition) is 1. The Morgan fingerprint density at radius 1 is 1.22 bits per heavy atom. The Morgan fingerprint density at radius 2 is 2.00 bits per heavy atom. The summed E-state index contributed by atoms with van der Waals surface area (Å²) in [5.74, 6) is 1.54. The van der Waals surface area contributed by atoms with Crippen LogP contribution in [0.5, 0.6) is 5.75 Å². The summed E-state index contributed by atoms with van der Waals surface area (Å²) in [7, 11) is 0. The highest BCUT2D eigenvalue weighted by Gasteiger charge is 2.12. The number of benzene rings is 1. The van der Waals surface area contributed by atoms with E-state index >= 15 is 0 Å². The molecule has 142 valence electrons. The van der Waals surface area contributed by atoms with E-state index < -0.39 is 0 Å². The van der Waals surface area contributed by atoms with Crippen LogP contribution in [0.3, 0.4) is 0 Å². The van der Waals surface area contributed by atoms with Crippen LogP contribution < -0.4 is 10.1 Å². The van der Waals surface area contributed by atoms with Gasteiger partial charge in [0.25, 0.3) is 5.91 Å². The third-order valence-electron chi connectivity index (χ3n) is 3.66. The third kappa shape index (κ3) is 5.07. The normalized spacial score (nSPS) is 11.0. The minimum absolute atomic E-state index is 0.233. The van der Waals surface area contributed by atoms with Crippen molar-refractivity contribution in [2.24, 2.45) is 5.92 Å². The molecule has 2 heterocycles. The Labute approximate surface area is 160 Å². The number of ether oxygens (including phenoxy) is 1. The molecule has 1 N–H and O–H groups in total. The van der Waals surface area contributed by atoms with Gasteiger partial charge in [-0.1, -0.05) is 25.2 Å². The van der Waals surface area contributed by atoms with Crippen LogP contribution in [-0.4, -0.2) is 36.3 Å². The van der Waals surface area contributed by atoms with E-state index in [9.17, 15) is 4.79 Å². The van der Waals surface area contributed by atoms with E-state index in [2.05, 4.69) is 44.9 Å². The molecule has 0 aliphatic heterocycles. The van der Waals surface area contributed by atoms with Gasteiger partial charge in [-0.05, 0) is 47.5 Å². The molecule has 0 fully saturated rings. The molecule has 1 amide bonds. The molecule has 27 heavy (non-hydrogen) atoms. The molecule has 0 aliphatic carbocycles. The van der Waals surface area contributed by atoms with Gasteiger partial charge in [0, 0.05) is 18.5 Å². The summed E-state index contributed by atoms with van der Waals surface area (Å²) in [6.07, 6.45) is 0.848. The van der Waals surface area contributed by atoms with E-state index in [-0.39, 0.29) is 12.5 Å². The van der Waals surface area contributed by atoms with Gasteiger partial charge in [0.15, 0.2) is 5.82 Å². The van der Waals surface area contributed by atoms with Crippen molar-refractivity contribution in [3.05, 3.63) is 40.7 Å². The average Bonchev–Trinajstić information content (AvgIpc) is 3.28. The van der Waals surface area contributed by atoms with Crippen LogP contribution in [0.15, 0.2) is 24.3 Å². The number of rotatable bonds is 8. The Morgan fingerprint density at radius 3 is 2.70 bits per heavy atom. The number of anilines is 1. The van der Waals surface area contributed by atoms with Crippen molar-refractivity contribution < 1.29 is 9.53 Å². The lowest BCUT2D eigenvalue weighted by Crippen LogP contribution is -2.11. The molecule has 1 aromatic carbocycles. The molecule has 0 radical (unpaired) electrons. The van der Waals surface area contributed by atoms with Crippen molar-refractivity contribution in [1.29, 1.82) is 0 Å². The fourth-order valence-corrected chi connectivity index (χ4v) is 3.27. The molecule has 0 aliphatic rings. The van der Waals surface area contributed by atoms with Gasteiger partial charge in [0.2, 0.25) is 5.13 Å². The summed E-state index contributed by atoms with van der Waals surface area (Å²) >= 11 is 1.40. The molecule has 0 saturated carbocycles. The van der Waals surface area contributed by atoms with Gasteiger partial charge in [-0.25, -0.2) is 4.68 Å². The molecule has 3 aromatic rings. The first-order chi connectivity index (χ1) is 13.0. The number of carbonyl (C=O) groups excluding carboxylic acids is 1. The van der Waals surface area contributed by atoms with Crippen molar-refractivity contribution in [1.82, 2.24) is 30.4 Å². The standard InChI is InChI=1S/C17H21N7O2S/c1-4-24-14(19-22-23-24)10-26-13-7-5-12(6-8-13)16(25)18-17-21-20-15(27-17)9-11(2)3/h5-8,11H,4,9-10H2,1-3H3,(H,18,21,25). The maximum atomic E-state index is 12.3. The van der Waals surface area contributed by atoms with Gasteiger partial charge < -0.3 is 4.74 Å². The second-order valence-electron chi connectivity index (χ2n) is 6.28. The van der Waals surface area contributed by atoms with Crippen molar-refractivity contribution >= 4 is 22.4 Å². The van der Waals surface area contributed by atoms with E-state index in [1.807, 2.05) is 6.92 Å². The second kappa shape index (κ2) is 8.67. The Hall–Kier alpha value is -2.88. The van der Waals surface area contributed by atoms with E-state index in [0.717, 1.165) is 11.4 Å². The highest BCUT2D eigenvalue weighted by molar-refractivity contribution is 7.15. The molecule has 9 nitrogen and oxygen atoms in total. The van der Waals surface area contributed by atoms with Gasteiger partial charge in [-0.3, -0.25) is 10.1 Å². The molecule has 0 spiro atoms. The number of aryl methyl sites for hydroxylation is 1. The SMILES string of the molecule is CCn1nnnc1COc1ccc(C(=O)Nc2nnc(CC(C)C)s2)cc1. The van der Waals surface area contributed by atoms with E-state index in [0.29, 0.717) is 34.7 Å². The maximum absolute atomic E-state index is 12.3. The van der Waals surface area contributed by atoms with Crippen LogP contribution in [0, 0.1) is 5.92 Å². The molecule has 2 aromatic heterocycles. The monoisotopic (exact) mass is 387 g/mol.